The smallest absolute Gasteiger partial charge is 0.408 e. The zero-order chi connectivity index (χ0) is 15.7. The van der Waals surface area contributed by atoms with E-state index in [4.69, 9.17) is 4.74 Å². The Morgan fingerprint density at radius 2 is 1.95 bits per heavy atom. The zero-order valence-electron chi connectivity index (χ0n) is 13.1. The van der Waals surface area contributed by atoms with Crippen molar-refractivity contribution in [3.05, 3.63) is 21.4 Å². The van der Waals surface area contributed by atoms with E-state index in [1.807, 2.05) is 5.38 Å². The Morgan fingerprint density at radius 1 is 1.29 bits per heavy atom. The van der Waals surface area contributed by atoms with Gasteiger partial charge in [-0.05, 0) is 69.9 Å². The predicted octanol–water partition coefficient (Wildman–Crippen LogP) is 3.57. The van der Waals surface area contributed by atoms with Crippen molar-refractivity contribution in [3.63, 3.8) is 0 Å². The van der Waals surface area contributed by atoms with Gasteiger partial charge in [0.15, 0.2) is 0 Å². The molecule has 0 fully saturated rings. The van der Waals surface area contributed by atoms with Gasteiger partial charge in [-0.2, -0.15) is 0 Å². The van der Waals surface area contributed by atoms with Gasteiger partial charge in [-0.15, -0.1) is 11.3 Å². The van der Waals surface area contributed by atoms with E-state index in [2.05, 4.69) is 5.32 Å². The third-order valence-electron chi connectivity index (χ3n) is 3.62. The van der Waals surface area contributed by atoms with Crippen LogP contribution in [0.5, 0.6) is 0 Å². The van der Waals surface area contributed by atoms with Crippen LogP contribution in [0, 0.1) is 0 Å². The molecule has 0 saturated heterocycles. The fourth-order valence-corrected chi connectivity index (χ4v) is 3.87. The third kappa shape index (κ3) is 3.64. The lowest BCUT2D eigenvalue weighted by molar-refractivity contribution is -0.113. The number of fused-ring (bicyclic) bond motifs is 1. The molecule has 1 amide bonds. The molecule has 0 bridgehead atoms. The average molecular weight is 309 g/mol. The lowest BCUT2D eigenvalue weighted by Crippen LogP contribution is -2.47. The van der Waals surface area contributed by atoms with E-state index >= 15 is 0 Å². The van der Waals surface area contributed by atoms with E-state index in [0.717, 1.165) is 31.1 Å². The fraction of sp³-hybridized carbons (Fsp3) is 0.625. The van der Waals surface area contributed by atoms with Crippen LogP contribution in [0.1, 0.15) is 56.5 Å². The normalized spacial score (nSPS) is 17.5. The number of ether oxygens (including phenoxy) is 1. The second-order valence-corrected chi connectivity index (χ2v) is 7.67. The van der Waals surface area contributed by atoms with Gasteiger partial charge in [0, 0.05) is 4.88 Å². The van der Waals surface area contributed by atoms with Gasteiger partial charge in [-0.25, -0.2) is 4.79 Å². The molecule has 0 aliphatic heterocycles. The van der Waals surface area contributed by atoms with Crippen molar-refractivity contribution in [2.75, 3.05) is 0 Å². The second-order valence-electron chi connectivity index (χ2n) is 6.71. The Morgan fingerprint density at radius 3 is 2.57 bits per heavy atom. The number of thiophene rings is 1. The Bertz CT molecular complexity index is 544. The van der Waals surface area contributed by atoms with Crippen molar-refractivity contribution in [3.8, 4) is 0 Å². The third-order valence-corrected chi connectivity index (χ3v) is 4.71. The number of nitrogens with one attached hydrogen (secondary N) is 1. The van der Waals surface area contributed by atoms with Crippen LogP contribution in [0.2, 0.25) is 0 Å². The number of aryl methyl sites for hydroxylation is 1. The zero-order valence-corrected chi connectivity index (χ0v) is 13.9. The molecular weight excluding hydrogens is 286 g/mol. The minimum Gasteiger partial charge on any atom is -0.444 e. The lowest BCUT2D eigenvalue weighted by Gasteiger charge is -2.29. The van der Waals surface area contributed by atoms with Crippen LogP contribution in [-0.2, 0) is 27.9 Å². The van der Waals surface area contributed by atoms with Crippen molar-refractivity contribution in [1.82, 2.24) is 5.32 Å². The Labute approximate surface area is 129 Å². The molecule has 1 heterocycles. The molecule has 116 valence electrons. The second kappa shape index (κ2) is 5.79. The summed E-state index contributed by atoms with van der Waals surface area (Å²) in [4.78, 5) is 25.0. The molecule has 5 heteroatoms. The lowest BCUT2D eigenvalue weighted by atomic mass is 9.87. The first-order chi connectivity index (χ1) is 9.75. The molecular formula is C16H23NO3S. The van der Waals surface area contributed by atoms with Gasteiger partial charge in [-0.1, -0.05) is 0 Å². The summed E-state index contributed by atoms with van der Waals surface area (Å²) in [5.41, 5.74) is 0.547. The van der Waals surface area contributed by atoms with Gasteiger partial charge in [0.2, 0.25) is 0 Å². The van der Waals surface area contributed by atoms with Crippen molar-refractivity contribution >= 4 is 23.7 Å². The maximum absolute atomic E-state index is 12.0. The van der Waals surface area contributed by atoms with Crippen LogP contribution < -0.4 is 5.32 Å². The summed E-state index contributed by atoms with van der Waals surface area (Å²) in [5.74, 6) is 0. The van der Waals surface area contributed by atoms with Crippen molar-refractivity contribution < 1.29 is 14.3 Å². The van der Waals surface area contributed by atoms with Gasteiger partial charge in [-0.3, -0.25) is 0 Å². The number of hydrogen-bond acceptors (Lipinski definition) is 4. The first-order valence-electron chi connectivity index (χ1n) is 7.32. The molecule has 21 heavy (non-hydrogen) atoms. The molecule has 1 aliphatic carbocycles. The molecule has 0 aromatic carbocycles. The molecule has 2 rings (SSSR count). The van der Waals surface area contributed by atoms with E-state index in [1.54, 1.807) is 39.0 Å². The number of hydrogen-bond donors (Lipinski definition) is 1. The van der Waals surface area contributed by atoms with Crippen LogP contribution in [-0.4, -0.2) is 18.0 Å². The highest BCUT2D eigenvalue weighted by Crippen LogP contribution is 2.35. The molecule has 1 aromatic rings. The molecule has 0 spiro atoms. The average Bonchev–Trinajstić information content (AvgIpc) is 2.80. The number of amides is 1. The van der Waals surface area contributed by atoms with Crippen molar-refractivity contribution in [2.24, 2.45) is 0 Å². The number of carbonyl (C=O) groups is 2. The van der Waals surface area contributed by atoms with Crippen LogP contribution >= 0.6 is 11.3 Å². The topological polar surface area (TPSA) is 55.4 Å². The number of aldehydes is 1. The first-order valence-corrected chi connectivity index (χ1v) is 8.20. The highest BCUT2D eigenvalue weighted by atomic mass is 32.1. The molecule has 1 N–H and O–H groups in total. The summed E-state index contributed by atoms with van der Waals surface area (Å²) in [6.07, 6.45) is 4.62. The van der Waals surface area contributed by atoms with E-state index in [9.17, 15) is 9.59 Å². The summed E-state index contributed by atoms with van der Waals surface area (Å²) in [5, 5.41) is 4.73. The maximum Gasteiger partial charge on any atom is 0.408 e. The van der Waals surface area contributed by atoms with E-state index in [0.29, 0.717) is 0 Å². The summed E-state index contributed by atoms with van der Waals surface area (Å²) in [6.45, 7) is 7.15. The van der Waals surface area contributed by atoms with Gasteiger partial charge in [0.1, 0.15) is 17.4 Å². The van der Waals surface area contributed by atoms with Crippen LogP contribution in [0.25, 0.3) is 0 Å². The van der Waals surface area contributed by atoms with Crippen LogP contribution in [0.4, 0.5) is 4.79 Å². The minimum absolute atomic E-state index is 0.562. The van der Waals surface area contributed by atoms with Gasteiger partial charge >= 0.3 is 6.09 Å². The molecule has 4 nitrogen and oxygen atoms in total. The summed E-state index contributed by atoms with van der Waals surface area (Å²) < 4.78 is 5.27. The first kappa shape index (κ1) is 16.0. The van der Waals surface area contributed by atoms with E-state index in [1.165, 1.54) is 16.9 Å². The van der Waals surface area contributed by atoms with Gasteiger partial charge in [0.25, 0.3) is 0 Å². The summed E-state index contributed by atoms with van der Waals surface area (Å²) in [6, 6.07) is 0. The quantitative estimate of drug-likeness (QED) is 0.869. The van der Waals surface area contributed by atoms with Crippen molar-refractivity contribution in [2.45, 2.75) is 64.5 Å². The van der Waals surface area contributed by atoms with Crippen LogP contribution in [0.3, 0.4) is 0 Å². The highest BCUT2D eigenvalue weighted by Gasteiger charge is 2.34. The van der Waals surface area contributed by atoms with Gasteiger partial charge in [0.05, 0.1) is 0 Å². The maximum atomic E-state index is 12.0. The summed E-state index contributed by atoms with van der Waals surface area (Å²) >= 11 is 1.68. The number of carbonyl (C=O) groups excluding carboxylic acids is 2. The molecule has 0 saturated carbocycles. The monoisotopic (exact) mass is 309 g/mol. The minimum atomic E-state index is -1.02. The number of alkyl carbamates (subject to hydrolysis) is 1. The van der Waals surface area contributed by atoms with Crippen molar-refractivity contribution in [1.29, 1.82) is 0 Å². The predicted molar refractivity (Wildman–Crippen MR) is 83.7 cm³/mol. The van der Waals surface area contributed by atoms with E-state index in [-0.39, 0.29) is 0 Å². The largest absolute Gasteiger partial charge is 0.444 e. The van der Waals surface area contributed by atoms with Gasteiger partial charge < -0.3 is 14.8 Å². The fourth-order valence-electron chi connectivity index (χ4n) is 2.61. The Balaban J connectivity index is 2.23. The Hall–Kier alpha value is -1.36. The Kier molecular flexibility index (Phi) is 4.42. The molecule has 1 atom stereocenters. The molecule has 1 aliphatic rings. The molecule has 1 aromatic heterocycles. The molecule has 1 unspecified atom stereocenters. The standard InChI is InChI=1S/C16H23NO3S/c1-15(2,3)20-14(19)17-16(4,10-18)12-9-21-13-8-6-5-7-11(12)13/h9-10H,5-8H2,1-4H3,(H,17,19). The molecule has 0 radical (unpaired) electrons. The highest BCUT2D eigenvalue weighted by molar-refractivity contribution is 7.10. The number of rotatable bonds is 3. The van der Waals surface area contributed by atoms with E-state index < -0.39 is 17.2 Å². The SMILES string of the molecule is CC(C)(C)OC(=O)NC(C)(C=O)c1csc2c1CCCC2. The summed E-state index contributed by atoms with van der Waals surface area (Å²) in [7, 11) is 0. The van der Waals surface area contributed by atoms with Crippen LogP contribution in [0.15, 0.2) is 5.38 Å².